The Morgan fingerprint density at radius 3 is 2.62 bits per heavy atom. The van der Waals surface area contributed by atoms with Crippen molar-refractivity contribution < 1.29 is 0 Å². The monoisotopic (exact) mass is 130 g/mol. The summed E-state index contributed by atoms with van der Waals surface area (Å²) in [6.45, 7) is 2.16. The van der Waals surface area contributed by atoms with Gasteiger partial charge in [0.05, 0.1) is 0 Å². The van der Waals surface area contributed by atoms with Gasteiger partial charge in [-0.2, -0.15) is 11.8 Å². The van der Waals surface area contributed by atoms with Crippen LogP contribution >= 0.6 is 11.8 Å². The Hall–Kier alpha value is 0.0900. The van der Waals surface area contributed by atoms with Crippen LogP contribution in [0.1, 0.15) is 19.8 Å². The Balaban J connectivity index is 2.80. The molecule has 0 aliphatic heterocycles. The van der Waals surface area contributed by atoms with Crippen LogP contribution in [0.5, 0.6) is 0 Å². The Morgan fingerprint density at radius 2 is 2.12 bits per heavy atom. The number of hydrogen-bond acceptors (Lipinski definition) is 1. The van der Waals surface area contributed by atoms with Crippen molar-refractivity contribution in [2.75, 3.05) is 12.0 Å². The zero-order valence-corrected chi connectivity index (χ0v) is 6.50. The van der Waals surface area contributed by atoms with Gasteiger partial charge in [-0.05, 0) is 24.9 Å². The van der Waals surface area contributed by atoms with Crippen LogP contribution in [0.15, 0.2) is 12.2 Å². The molecule has 8 heavy (non-hydrogen) atoms. The molecule has 48 valence electrons. The lowest BCUT2D eigenvalue weighted by atomic mass is 10.4. The molecule has 0 amide bonds. The molecular weight excluding hydrogens is 116 g/mol. The molecule has 0 saturated heterocycles. The van der Waals surface area contributed by atoms with Crippen LogP contribution in [0.2, 0.25) is 0 Å². The predicted molar refractivity (Wildman–Crippen MR) is 42.4 cm³/mol. The Morgan fingerprint density at radius 1 is 1.38 bits per heavy atom. The largest absolute Gasteiger partial charge is 0.165 e. The molecule has 0 unspecified atom stereocenters. The fraction of sp³-hybridized carbons (Fsp3) is 0.714. The minimum Gasteiger partial charge on any atom is -0.165 e. The second-order valence-corrected chi connectivity index (χ2v) is 2.65. The summed E-state index contributed by atoms with van der Waals surface area (Å²) in [5.41, 5.74) is 0. The smallest absolute Gasteiger partial charge is 0.00357 e. The molecular formula is C7H14S. The standard InChI is InChI=1S/C7H14S/c1-3-4-5-6-7-8-2/h4-5H,3,6-7H2,1-2H3/b5-4-. The minimum absolute atomic E-state index is 1.17. The lowest BCUT2D eigenvalue weighted by Gasteiger charge is -1.85. The van der Waals surface area contributed by atoms with Crippen LogP contribution in [0.4, 0.5) is 0 Å². The third-order valence-electron chi connectivity index (χ3n) is 0.891. The van der Waals surface area contributed by atoms with Crippen molar-refractivity contribution in [3.63, 3.8) is 0 Å². The predicted octanol–water partition coefficient (Wildman–Crippen LogP) is 2.71. The fourth-order valence-corrected chi connectivity index (χ4v) is 0.842. The molecule has 0 rings (SSSR count). The molecule has 0 aliphatic rings. The Kier molecular flexibility index (Phi) is 7.17. The van der Waals surface area contributed by atoms with E-state index in [1.165, 1.54) is 18.6 Å². The van der Waals surface area contributed by atoms with Crippen LogP contribution in [0.25, 0.3) is 0 Å². The summed E-state index contributed by atoms with van der Waals surface area (Å²) in [5.74, 6) is 1.26. The fourth-order valence-electron chi connectivity index (χ4n) is 0.470. The van der Waals surface area contributed by atoms with Crippen molar-refractivity contribution in [3.8, 4) is 0 Å². The molecule has 0 saturated carbocycles. The minimum atomic E-state index is 1.17. The van der Waals surface area contributed by atoms with E-state index in [9.17, 15) is 0 Å². The van der Waals surface area contributed by atoms with E-state index in [2.05, 4.69) is 25.3 Å². The molecule has 0 aliphatic carbocycles. The number of allylic oxidation sites excluding steroid dienone is 2. The lowest BCUT2D eigenvalue weighted by Crippen LogP contribution is -1.69. The SMILES string of the molecule is CC/C=C\CCSC. The van der Waals surface area contributed by atoms with Crippen molar-refractivity contribution in [1.82, 2.24) is 0 Å². The Labute approximate surface area is 56.4 Å². The van der Waals surface area contributed by atoms with E-state index in [-0.39, 0.29) is 0 Å². The van der Waals surface area contributed by atoms with Crippen molar-refractivity contribution >= 4 is 11.8 Å². The van der Waals surface area contributed by atoms with Crippen LogP contribution in [-0.2, 0) is 0 Å². The van der Waals surface area contributed by atoms with E-state index in [0.29, 0.717) is 0 Å². The van der Waals surface area contributed by atoms with Gasteiger partial charge in [-0.15, -0.1) is 0 Å². The maximum atomic E-state index is 2.25. The second kappa shape index (κ2) is 7.09. The van der Waals surface area contributed by atoms with Gasteiger partial charge in [-0.25, -0.2) is 0 Å². The van der Waals surface area contributed by atoms with Crippen molar-refractivity contribution in [3.05, 3.63) is 12.2 Å². The first-order valence-corrected chi connectivity index (χ1v) is 4.45. The summed E-state index contributed by atoms with van der Waals surface area (Å²) < 4.78 is 0. The van der Waals surface area contributed by atoms with Crippen molar-refractivity contribution in [1.29, 1.82) is 0 Å². The topological polar surface area (TPSA) is 0 Å². The summed E-state index contributed by atoms with van der Waals surface area (Å²) >= 11 is 1.90. The number of hydrogen-bond donors (Lipinski definition) is 0. The number of rotatable bonds is 4. The molecule has 1 heteroatoms. The maximum Gasteiger partial charge on any atom is -0.00357 e. The van der Waals surface area contributed by atoms with E-state index < -0.39 is 0 Å². The summed E-state index contributed by atoms with van der Waals surface area (Å²) in [5, 5.41) is 0. The molecule has 0 N–H and O–H groups in total. The molecule has 0 atom stereocenters. The van der Waals surface area contributed by atoms with Gasteiger partial charge in [0.2, 0.25) is 0 Å². The molecule has 0 radical (unpaired) electrons. The van der Waals surface area contributed by atoms with E-state index >= 15 is 0 Å². The highest BCUT2D eigenvalue weighted by Crippen LogP contribution is 1.96. The molecule has 0 aromatic carbocycles. The van der Waals surface area contributed by atoms with Crippen molar-refractivity contribution in [2.45, 2.75) is 19.8 Å². The van der Waals surface area contributed by atoms with Crippen LogP contribution in [0.3, 0.4) is 0 Å². The van der Waals surface area contributed by atoms with E-state index in [0.717, 1.165) is 0 Å². The molecule has 0 spiro atoms. The normalized spacial score (nSPS) is 10.8. The van der Waals surface area contributed by atoms with Gasteiger partial charge in [0, 0.05) is 0 Å². The van der Waals surface area contributed by atoms with E-state index in [4.69, 9.17) is 0 Å². The van der Waals surface area contributed by atoms with Crippen molar-refractivity contribution in [2.24, 2.45) is 0 Å². The molecule has 0 bridgehead atoms. The van der Waals surface area contributed by atoms with Gasteiger partial charge in [-0.1, -0.05) is 19.1 Å². The Bertz CT molecular complexity index is 57.4. The average molecular weight is 130 g/mol. The molecule has 0 aromatic rings. The molecule has 0 heterocycles. The highest BCUT2D eigenvalue weighted by Gasteiger charge is 1.74. The molecule has 0 fully saturated rings. The summed E-state index contributed by atoms with van der Waals surface area (Å²) in [6.07, 6.45) is 9.01. The number of thioether (sulfide) groups is 1. The zero-order chi connectivity index (χ0) is 6.24. The highest BCUT2D eigenvalue weighted by molar-refractivity contribution is 7.98. The highest BCUT2D eigenvalue weighted by atomic mass is 32.2. The van der Waals surface area contributed by atoms with Crippen LogP contribution in [0, 0.1) is 0 Å². The third kappa shape index (κ3) is 6.09. The van der Waals surface area contributed by atoms with Gasteiger partial charge in [0.25, 0.3) is 0 Å². The summed E-state index contributed by atoms with van der Waals surface area (Å²) in [6, 6.07) is 0. The lowest BCUT2D eigenvalue weighted by molar-refractivity contribution is 1.17. The average Bonchev–Trinajstić information content (AvgIpc) is 1.81. The van der Waals surface area contributed by atoms with Gasteiger partial charge >= 0.3 is 0 Å². The van der Waals surface area contributed by atoms with Crippen LogP contribution in [-0.4, -0.2) is 12.0 Å². The second-order valence-electron chi connectivity index (χ2n) is 1.66. The molecule has 0 aromatic heterocycles. The molecule has 0 nitrogen and oxygen atoms in total. The summed E-state index contributed by atoms with van der Waals surface area (Å²) in [7, 11) is 0. The summed E-state index contributed by atoms with van der Waals surface area (Å²) in [4.78, 5) is 0. The van der Waals surface area contributed by atoms with Gasteiger partial charge in [0.1, 0.15) is 0 Å². The van der Waals surface area contributed by atoms with Crippen LogP contribution < -0.4 is 0 Å². The van der Waals surface area contributed by atoms with E-state index in [1.54, 1.807) is 0 Å². The third-order valence-corrected chi connectivity index (χ3v) is 1.53. The van der Waals surface area contributed by atoms with Gasteiger partial charge in [0.15, 0.2) is 0 Å². The maximum absolute atomic E-state index is 2.25. The van der Waals surface area contributed by atoms with E-state index in [1.807, 2.05) is 11.8 Å². The van der Waals surface area contributed by atoms with Gasteiger partial charge in [-0.3, -0.25) is 0 Å². The first-order chi connectivity index (χ1) is 3.91. The van der Waals surface area contributed by atoms with Gasteiger partial charge < -0.3 is 0 Å². The quantitative estimate of drug-likeness (QED) is 0.416. The first kappa shape index (κ1) is 8.09. The zero-order valence-electron chi connectivity index (χ0n) is 5.68. The first-order valence-electron chi connectivity index (χ1n) is 3.05.